The number of hydrazine groups is 2. The number of nitrogens with one attached hydrogen (secondary N) is 2. The van der Waals surface area contributed by atoms with Crippen LogP contribution in [0.5, 0.6) is 0 Å². The molecule has 4 nitrogen and oxygen atoms in total. The fourth-order valence-electron chi connectivity index (χ4n) is 0.558. The van der Waals surface area contributed by atoms with Crippen LogP contribution in [0, 0.1) is 0 Å². The SMILES string of the molecule is CCN(CC)NC(=S)NN.[Na]. The fraction of sp³-hybridized carbons (Fsp3) is 0.800. The summed E-state index contributed by atoms with van der Waals surface area (Å²) in [5.41, 5.74) is 5.24. The molecule has 6 heteroatoms. The van der Waals surface area contributed by atoms with Crippen molar-refractivity contribution in [3.8, 4) is 0 Å². The Morgan fingerprint density at radius 1 is 1.45 bits per heavy atom. The molecular formula is C5H14N4NaS. The van der Waals surface area contributed by atoms with Crippen LogP contribution in [0.25, 0.3) is 0 Å². The normalized spacial score (nSPS) is 8.73. The van der Waals surface area contributed by atoms with E-state index in [4.69, 9.17) is 18.1 Å². The molecule has 61 valence electrons. The summed E-state index contributed by atoms with van der Waals surface area (Å²) < 4.78 is 0. The van der Waals surface area contributed by atoms with Gasteiger partial charge in [0.25, 0.3) is 0 Å². The number of hydrogen-bond acceptors (Lipinski definition) is 3. The largest absolute Gasteiger partial charge is 0.300 e. The summed E-state index contributed by atoms with van der Waals surface area (Å²) in [7, 11) is 0. The second-order valence-electron chi connectivity index (χ2n) is 1.76. The Labute approximate surface area is 95.1 Å². The molecule has 1 radical (unpaired) electrons. The molecule has 0 unspecified atom stereocenters. The van der Waals surface area contributed by atoms with Gasteiger partial charge in [-0.1, -0.05) is 13.8 Å². The number of nitrogens with zero attached hydrogens (tertiary/aromatic N) is 1. The Bertz CT molecular complexity index is 107. The Kier molecular flexibility index (Phi) is 11.2. The van der Waals surface area contributed by atoms with Crippen LogP contribution in [0.3, 0.4) is 0 Å². The van der Waals surface area contributed by atoms with Crippen molar-refractivity contribution in [2.45, 2.75) is 13.8 Å². The van der Waals surface area contributed by atoms with E-state index >= 15 is 0 Å². The van der Waals surface area contributed by atoms with Crippen LogP contribution in [0.15, 0.2) is 0 Å². The van der Waals surface area contributed by atoms with Crippen LogP contribution in [0.2, 0.25) is 0 Å². The predicted octanol–water partition coefficient (Wildman–Crippen LogP) is -0.800. The van der Waals surface area contributed by atoms with E-state index in [0.717, 1.165) is 13.1 Å². The molecule has 0 aromatic rings. The van der Waals surface area contributed by atoms with Crippen LogP contribution < -0.4 is 16.7 Å². The smallest absolute Gasteiger partial charge is 0.195 e. The van der Waals surface area contributed by atoms with Gasteiger partial charge < -0.3 is 0 Å². The van der Waals surface area contributed by atoms with E-state index in [1.807, 2.05) is 18.9 Å². The molecule has 0 amide bonds. The minimum absolute atomic E-state index is 0. The zero-order valence-corrected chi connectivity index (χ0v) is 10.2. The van der Waals surface area contributed by atoms with E-state index in [0.29, 0.717) is 5.11 Å². The van der Waals surface area contributed by atoms with Gasteiger partial charge in [0.15, 0.2) is 5.11 Å². The van der Waals surface area contributed by atoms with Crippen LogP contribution in [-0.2, 0) is 0 Å². The first-order chi connectivity index (χ1) is 4.74. The maximum absolute atomic E-state index is 5.05. The summed E-state index contributed by atoms with van der Waals surface area (Å²) in [5.74, 6) is 5.05. The average molecular weight is 185 g/mol. The quantitative estimate of drug-likeness (QED) is 0.233. The average Bonchev–Trinajstić information content (AvgIpc) is 1.99. The number of thiocarbonyl (C=S) groups is 1. The van der Waals surface area contributed by atoms with Gasteiger partial charge in [-0.25, -0.2) is 10.9 Å². The van der Waals surface area contributed by atoms with Crippen molar-refractivity contribution in [3.63, 3.8) is 0 Å². The van der Waals surface area contributed by atoms with E-state index in [1.54, 1.807) is 0 Å². The van der Waals surface area contributed by atoms with E-state index in [-0.39, 0.29) is 29.6 Å². The predicted molar refractivity (Wildman–Crippen MR) is 51.7 cm³/mol. The van der Waals surface area contributed by atoms with Gasteiger partial charge in [-0.2, -0.15) is 0 Å². The van der Waals surface area contributed by atoms with Crippen molar-refractivity contribution in [3.05, 3.63) is 0 Å². The molecule has 0 bridgehead atoms. The molecule has 0 aromatic heterocycles. The Balaban J connectivity index is 0. The first-order valence-electron chi connectivity index (χ1n) is 3.26. The molecule has 0 atom stereocenters. The molecule has 11 heavy (non-hydrogen) atoms. The van der Waals surface area contributed by atoms with Crippen molar-refractivity contribution in [2.75, 3.05) is 13.1 Å². The summed E-state index contributed by atoms with van der Waals surface area (Å²) in [6, 6.07) is 0. The van der Waals surface area contributed by atoms with Crippen LogP contribution >= 0.6 is 12.2 Å². The summed E-state index contributed by atoms with van der Waals surface area (Å²) in [6.45, 7) is 5.88. The minimum atomic E-state index is 0. The second-order valence-corrected chi connectivity index (χ2v) is 2.17. The van der Waals surface area contributed by atoms with Gasteiger partial charge >= 0.3 is 0 Å². The van der Waals surface area contributed by atoms with Crippen molar-refractivity contribution >= 4 is 46.9 Å². The molecule has 0 fully saturated rings. The molecule has 0 heterocycles. The first-order valence-corrected chi connectivity index (χ1v) is 3.67. The molecule has 4 N–H and O–H groups in total. The van der Waals surface area contributed by atoms with Crippen molar-refractivity contribution in [1.82, 2.24) is 15.9 Å². The van der Waals surface area contributed by atoms with Crippen LogP contribution in [0.1, 0.15) is 13.8 Å². The molecule has 0 rings (SSSR count). The summed E-state index contributed by atoms with van der Waals surface area (Å²) in [6.07, 6.45) is 0. The third kappa shape index (κ3) is 6.99. The van der Waals surface area contributed by atoms with Gasteiger partial charge in [0.2, 0.25) is 0 Å². The van der Waals surface area contributed by atoms with Crippen LogP contribution in [-0.4, -0.2) is 52.8 Å². The maximum atomic E-state index is 5.05. The minimum Gasteiger partial charge on any atom is -0.300 e. The van der Waals surface area contributed by atoms with Crippen molar-refractivity contribution in [2.24, 2.45) is 5.84 Å². The molecule has 0 spiro atoms. The molecular weight excluding hydrogens is 171 g/mol. The summed E-state index contributed by atoms with van der Waals surface area (Å²) in [4.78, 5) is 0. The van der Waals surface area contributed by atoms with E-state index in [9.17, 15) is 0 Å². The van der Waals surface area contributed by atoms with E-state index in [1.165, 1.54) is 0 Å². The number of rotatable bonds is 3. The third-order valence-corrected chi connectivity index (χ3v) is 1.36. The molecule has 0 aliphatic carbocycles. The van der Waals surface area contributed by atoms with E-state index in [2.05, 4.69) is 10.9 Å². The molecule has 0 aromatic carbocycles. The third-order valence-electron chi connectivity index (χ3n) is 1.15. The standard InChI is InChI=1S/C5H14N4S.Na/c1-3-9(4-2)8-5(10)7-6;/h3-4,6H2,1-2H3,(H2,7,8,10);. The number of hydrogen-bond donors (Lipinski definition) is 3. The van der Waals surface area contributed by atoms with Gasteiger partial charge in [-0.05, 0) is 12.2 Å². The van der Waals surface area contributed by atoms with Crippen molar-refractivity contribution < 1.29 is 0 Å². The monoisotopic (exact) mass is 185 g/mol. The second kappa shape index (κ2) is 8.70. The first kappa shape index (κ1) is 14.2. The molecule has 0 aliphatic heterocycles. The Hall–Kier alpha value is 0.610. The maximum Gasteiger partial charge on any atom is 0.195 e. The van der Waals surface area contributed by atoms with Crippen molar-refractivity contribution in [1.29, 1.82) is 0 Å². The van der Waals surface area contributed by atoms with Gasteiger partial charge in [0.1, 0.15) is 0 Å². The summed E-state index contributed by atoms with van der Waals surface area (Å²) >= 11 is 4.78. The van der Waals surface area contributed by atoms with Gasteiger partial charge in [0, 0.05) is 42.6 Å². The molecule has 0 saturated carbocycles. The summed E-state index contributed by atoms with van der Waals surface area (Å²) in [5, 5.41) is 2.39. The van der Waals surface area contributed by atoms with Gasteiger partial charge in [-0.3, -0.25) is 10.9 Å². The zero-order chi connectivity index (χ0) is 7.98. The fourth-order valence-corrected chi connectivity index (χ4v) is 0.687. The molecule has 0 saturated heterocycles. The molecule has 0 aliphatic rings. The zero-order valence-electron chi connectivity index (χ0n) is 7.35. The van der Waals surface area contributed by atoms with Gasteiger partial charge in [0.05, 0.1) is 0 Å². The Morgan fingerprint density at radius 2 is 1.91 bits per heavy atom. The Morgan fingerprint density at radius 3 is 2.18 bits per heavy atom. The van der Waals surface area contributed by atoms with Gasteiger partial charge in [-0.15, -0.1) is 0 Å². The number of nitrogens with two attached hydrogens (primary N) is 1. The topological polar surface area (TPSA) is 53.3 Å². The van der Waals surface area contributed by atoms with E-state index < -0.39 is 0 Å². The van der Waals surface area contributed by atoms with Crippen LogP contribution in [0.4, 0.5) is 0 Å².